The molecule has 0 spiro atoms. The first-order valence-corrected chi connectivity index (χ1v) is 11.0. The van der Waals surface area contributed by atoms with Crippen molar-refractivity contribution in [1.82, 2.24) is 25.9 Å². The number of aromatic amines is 1. The third kappa shape index (κ3) is 10.5. The second-order valence-electron chi connectivity index (χ2n) is 8.02. The fraction of sp³-hybridized carbons (Fsp3) is 0.600. The Morgan fingerprint density at radius 3 is 2.14 bits per heavy atom. The van der Waals surface area contributed by atoms with E-state index in [-0.39, 0.29) is 12.8 Å². The summed E-state index contributed by atoms with van der Waals surface area (Å²) in [6, 6.07) is -5.30. The fourth-order valence-corrected chi connectivity index (χ4v) is 3.02. The summed E-state index contributed by atoms with van der Waals surface area (Å²) in [5.41, 5.74) is 16.7. The van der Waals surface area contributed by atoms with Gasteiger partial charge in [-0.25, -0.2) is 9.78 Å². The standard InChI is InChI=1S/C20H34N8O7/c1-10(29)16(23)19(33)27-13(6-11-8-24-9-25-11)18(32)26-12(4-2-3-5-21)17(31)28-14(20(34)35)7-15(22)30/h8-10,12-14,16,29H,2-7,21,23H2,1H3,(H2,22,30)(H,24,25)(H,26,32)(H,27,33)(H,28,31)(H,34,35). The maximum Gasteiger partial charge on any atom is 0.326 e. The first-order chi connectivity index (χ1) is 16.5. The number of aliphatic hydroxyl groups is 1. The highest BCUT2D eigenvalue weighted by molar-refractivity contribution is 5.95. The first-order valence-electron chi connectivity index (χ1n) is 11.0. The largest absolute Gasteiger partial charge is 0.480 e. The number of carbonyl (C=O) groups excluding carboxylic acids is 4. The monoisotopic (exact) mass is 498 g/mol. The predicted molar refractivity (Wildman–Crippen MR) is 122 cm³/mol. The molecule has 4 amide bonds. The van der Waals surface area contributed by atoms with E-state index >= 15 is 0 Å². The van der Waals surface area contributed by atoms with Crippen LogP contribution < -0.4 is 33.2 Å². The topological polar surface area (TPSA) is 269 Å². The van der Waals surface area contributed by atoms with Gasteiger partial charge in [-0.3, -0.25) is 19.2 Å². The molecule has 1 aromatic heterocycles. The minimum absolute atomic E-state index is 0.0410. The van der Waals surface area contributed by atoms with Gasteiger partial charge >= 0.3 is 5.97 Å². The Bertz CT molecular complexity index is 862. The van der Waals surface area contributed by atoms with E-state index in [1.807, 2.05) is 0 Å². The number of rotatable bonds is 16. The average Bonchev–Trinajstić information content (AvgIpc) is 3.29. The van der Waals surface area contributed by atoms with Crippen molar-refractivity contribution in [3.8, 4) is 0 Å². The van der Waals surface area contributed by atoms with E-state index in [9.17, 15) is 34.2 Å². The number of hydrogen-bond donors (Lipinski definition) is 9. The summed E-state index contributed by atoms with van der Waals surface area (Å²) in [5.74, 6) is -4.81. The number of carboxylic acids is 1. The Morgan fingerprint density at radius 2 is 1.63 bits per heavy atom. The van der Waals surface area contributed by atoms with Crippen molar-refractivity contribution in [2.45, 2.75) is 69.3 Å². The number of nitrogens with two attached hydrogens (primary N) is 3. The molecule has 5 unspecified atom stereocenters. The van der Waals surface area contributed by atoms with Crippen LogP contribution in [0.25, 0.3) is 0 Å². The molecule has 196 valence electrons. The molecule has 15 heteroatoms. The van der Waals surface area contributed by atoms with Crippen LogP contribution in [-0.2, 0) is 30.4 Å². The van der Waals surface area contributed by atoms with Crippen LogP contribution in [-0.4, -0.2) is 86.6 Å². The zero-order chi connectivity index (χ0) is 26.5. The van der Waals surface area contributed by atoms with E-state index in [4.69, 9.17) is 17.2 Å². The zero-order valence-corrected chi connectivity index (χ0v) is 19.4. The summed E-state index contributed by atoms with van der Waals surface area (Å²) >= 11 is 0. The highest BCUT2D eigenvalue weighted by Gasteiger charge is 2.31. The molecule has 0 aromatic carbocycles. The van der Waals surface area contributed by atoms with Crippen LogP contribution in [0.5, 0.6) is 0 Å². The number of imidazole rings is 1. The Hall–Kier alpha value is -3.56. The molecule has 1 aromatic rings. The van der Waals surface area contributed by atoms with Gasteiger partial charge in [0.2, 0.25) is 23.6 Å². The highest BCUT2D eigenvalue weighted by Crippen LogP contribution is 2.06. The van der Waals surface area contributed by atoms with Gasteiger partial charge in [0.15, 0.2) is 0 Å². The van der Waals surface area contributed by atoms with Crippen LogP contribution in [0.2, 0.25) is 0 Å². The Labute approximate surface area is 201 Å². The van der Waals surface area contributed by atoms with Gasteiger partial charge in [0.25, 0.3) is 0 Å². The summed E-state index contributed by atoms with van der Waals surface area (Å²) in [6.45, 7) is 1.65. The van der Waals surface area contributed by atoms with Gasteiger partial charge in [-0.1, -0.05) is 0 Å². The number of primary amides is 1. The number of amides is 4. The van der Waals surface area contributed by atoms with Gasteiger partial charge in [0, 0.05) is 18.3 Å². The van der Waals surface area contributed by atoms with E-state index < -0.39 is 66.3 Å². The summed E-state index contributed by atoms with van der Waals surface area (Å²) in [4.78, 5) is 67.4. The minimum Gasteiger partial charge on any atom is -0.480 e. The number of aliphatic carboxylic acids is 1. The van der Waals surface area contributed by atoms with Crippen molar-refractivity contribution < 1.29 is 34.2 Å². The van der Waals surface area contributed by atoms with Crippen molar-refractivity contribution in [3.05, 3.63) is 18.2 Å². The molecule has 0 aliphatic rings. The van der Waals surface area contributed by atoms with Crippen LogP contribution in [0.3, 0.4) is 0 Å². The lowest BCUT2D eigenvalue weighted by Crippen LogP contribution is -2.58. The lowest BCUT2D eigenvalue weighted by molar-refractivity contribution is -0.143. The number of unbranched alkanes of at least 4 members (excludes halogenated alkanes) is 1. The SMILES string of the molecule is CC(O)C(N)C(=O)NC(Cc1cnc[nH]1)C(=O)NC(CCCCN)C(=O)NC(CC(N)=O)C(=O)O. The van der Waals surface area contributed by atoms with Crippen molar-refractivity contribution in [3.63, 3.8) is 0 Å². The maximum atomic E-state index is 13.1. The van der Waals surface area contributed by atoms with Crippen molar-refractivity contribution in [2.75, 3.05) is 6.54 Å². The number of H-pyrrole nitrogens is 1. The minimum atomic E-state index is -1.58. The average molecular weight is 499 g/mol. The van der Waals surface area contributed by atoms with E-state index in [0.717, 1.165) is 0 Å². The van der Waals surface area contributed by atoms with E-state index in [1.54, 1.807) is 0 Å². The van der Waals surface area contributed by atoms with Crippen molar-refractivity contribution in [1.29, 1.82) is 0 Å². The summed E-state index contributed by atoms with van der Waals surface area (Å²) in [7, 11) is 0. The number of nitrogens with zero attached hydrogens (tertiary/aromatic N) is 1. The molecule has 35 heavy (non-hydrogen) atoms. The summed E-state index contributed by atoms with van der Waals surface area (Å²) in [6.07, 6.45) is 2.01. The zero-order valence-electron chi connectivity index (χ0n) is 19.4. The maximum absolute atomic E-state index is 13.1. The Balaban J connectivity index is 3.06. The van der Waals surface area contributed by atoms with E-state index in [0.29, 0.717) is 25.1 Å². The third-order valence-electron chi connectivity index (χ3n) is 5.03. The molecule has 0 saturated carbocycles. The van der Waals surface area contributed by atoms with Crippen LogP contribution in [0.4, 0.5) is 0 Å². The lowest BCUT2D eigenvalue weighted by Gasteiger charge is -2.25. The molecular formula is C20H34N8O7. The fourth-order valence-electron chi connectivity index (χ4n) is 3.02. The van der Waals surface area contributed by atoms with Crippen LogP contribution in [0, 0.1) is 0 Å². The number of hydrogen-bond acceptors (Lipinski definition) is 9. The van der Waals surface area contributed by atoms with Gasteiger partial charge in [0.1, 0.15) is 24.2 Å². The van der Waals surface area contributed by atoms with Crippen molar-refractivity contribution in [2.24, 2.45) is 17.2 Å². The molecule has 0 bridgehead atoms. The van der Waals surface area contributed by atoms with Gasteiger partial charge < -0.3 is 48.3 Å². The lowest BCUT2D eigenvalue weighted by atomic mass is 10.0. The summed E-state index contributed by atoms with van der Waals surface area (Å²) < 4.78 is 0. The van der Waals surface area contributed by atoms with Crippen LogP contribution in [0.15, 0.2) is 12.5 Å². The quantitative estimate of drug-likeness (QED) is 0.100. The molecule has 0 radical (unpaired) electrons. The molecule has 0 aliphatic heterocycles. The second kappa shape index (κ2) is 14.6. The molecule has 1 heterocycles. The highest BCUT2D eigenvalue weighted by atomic mass is 16.4. The number of aliphatic hydroxyl groups excluding tert-OH is 1. The molecule has 15 nitrogen and oxygen atoms in total. The number of carboxylic acid groups (broad SMARTS) is 1. The smallest absolute Gasteiger partial charge is 0.326 e. The van der Waals surface area contributed by atoms with Gasteiger partial charge in [0.05, 0.1) is 18.9 Å². The van der Waals surface area contributed by atoms with Crippen molar-refractivity contribution >= 4 is 29.6 Å². The number of carbonyl (C=O) groups is 5. The Morgan fingerprint density at radius 1 is 1.03 bits per heavy atom. The van der Waals surface area contributed by atoms with Gasteiger partial charge in [-0.15, -0.1) is 0 Å². The number of nitrogens with one attached hydrogen (secondary N) is 4. The van der Waals surface area contributed by atoms with Crippen LogP contribution in [0.1, 0.15) is 38.3 Å². The predicted octanol–water partition coefficient (Wildman–Crippen LogP) is -3.80. The molecule has 0 fully saturated rings. The molecule has 12 N–H and O–H groups in total. The Kier molecular flexibility index (Phi) is 12.3. The summed E-state index contributed by atoms with van der Waals surface area (Å²) in [5, 5.41) is 26.0. The molecule has 5 atom stereocenters. The van der Waals surface area contributed by atoms with Gasteiger partial charge in [-0.2, -0.15) is 0 Å². The van der Waals surface area contributed by atoms with E-state index in [2.05, 4.69) is 25.9 Å². The second-order valence-corrected chi connectivity index (χ2v) is 8.02. The number of aromatic nitrogens is 2. The molecular weight excluding hydrogens is 464 g/mol. The normalized spacial score (nSPS) is 15.2. The van der Waals surface area contributed by atoms with Crippen LogP contribution >= 0.6 is 0 Å². The van der Waals surface area contributed by atoms with Gasteiger partial charge in [-0.05, 0) is 32.7 Å². The van der Waals surface area contributed by atoms with E-state index in [1.165, 1.54) is 19.4 Å². The first kappa shape index (κ1) is 29.5. The molecule has 0 aliphatic carbocycles. The molecule has 0 saturated heterocycles. The molecule has 1 rings (SSSR count). The third-order valence-corrected chi connectivity index (χ3v) is 5.03.